The highest BCUT2D eigenvalue weighted by Crippen LogP contribution is 2.55. The minimum atomic E-state index is -0.663. The van der Waals surface area contributed by atoms with Gasteiger partial charge in [-0.1, -0.05) is 6.58 Å². The molecule has 0 saturated heterocycles. The molecule has 0 aromatic rings. The van der Waals surface area contributed by atoms with Gasteiger partial charge in [0, 0.05) is 11.5 Å². The predicted octanol–water partition coefficient (Wildman–Crippen LogP) is 2.23. The fourth-order valence-electron chi connectivity index (χ4n) is 4.21. The van der Waals surface area contributed by atoms with Gasteiger partial charge in [0.25, 0.3) is 0 Å². The van der Waals surface area contributed by atoms with Crippen molar-refractivity contribution in [2.75, 3.05) is 6.79 Å². The molecule has 0 aliphatic heterocycles. The van der Waals surface area contributed by atoms with Crippen LogP contribution in [0, 0.1) is 17.8 Å². The minimum Gasteiger partial charge on any atom is -0.435 e. The Kier molecular flexibility index (Phi) is 3.01. The third-order valence-electron chi connectivity index (χ3n) is 4.83. The Labute approximate surface area is 113 Å². The van der Waals surface area contributed by atoms with Gasteiger partial charge in [-0.05, 0) is 50.9 Å². The van der Waals surface area contributed by atoms with Gasteiger partial charge in [-0.2, -0.15) is 0 Å². The Balaban J connectivity index is 1.64. The molecule has 104 valence electrons. The van der Waals surface area contributed by atoms with Crippen LogP contribution in [0.4, 0.5) is 0 Å². The SMILES string of the molecule is C=C(C)C(=O)OCOC12CC3CC(CC(C3)C1=O)C2. The quantitative estimate of drug-likeness (QED) is 0.444. The number of carbonyl (C=O) groups excluding carboxylic acids is 2. The van der Waals surface area contributed by atoms with E-state index in [1.54, 1.807) is 6.92 Å². The number of carbonyl (C=O) groups is 2. The van der Waals surface area contributed by atoms with Crippen LogP contribution in [-0.2, 0) is 19.1 Å². The van der Waals surface area contributed by atoms with Crippen LogP contribution in [0.2, 0.25) is 0 Å². The van der Waals surface area contributed by atoms with Crippen molar-refractivity contribution in [2.24, 2.45) is 17.8 Å². The fraction of sp³-hybridized carbons (Fsp3) is 0.733. The van der Waals surface area contributed by atoms with Gasteiger partial charge in [0.1, 0.15) is 5.60 Å². The molecule has 2 unspecified atom stereocenters. The lowest BCUT2D eigenvalue weighted by molar-refractivity contribution is -0.206. The minimum absolute atomic E-state index is 0.135. The Morgan fingerprint density at radius 3 is 2.53 bits per heavy atom. The molecule has 0 amide bonds. The number of hydrogen-bond donors (Lipinski definition) is 0. The Morgan fingerprint density at radius 2 is 1.95 bits per heavy atom. The molecule has 4 heteroatoms. The van der Waals surface area contributed by atoms with Crippen LogP contribution in [0.3, 0.4) is 0 Å². The summed E-state index contributed by atoms with van der Waals surface area (Å²) in [6.45, 7) is 4.98. The second-order valence-corrected chi connectivity index (χ2v) is 6.38. The average molecular weight is 264 g/mol. The average Bonchev–Trinajstić information content (AvgIpc) is 2.34. The first-order valence-electron chi connectivity index (χ1n) is 7.01. The van der Waals surface area contributed by atoms with Crippen molar-refractivity contribution < 1.29 is 19.1 Å². The lowest BCUT2D eigenvalue weighted by atomic mass is 9.53. The third-order valence-corrected chi connectivity index (χ3v) is 4.83. The summed E-state index contributed by atoms with van der Waals surface area (Å²) in [6.07, 6.45) is 4.92. The van der Waals surface area contributed by atoms with E-state index >= 15 is 0 Å². The Hall–Kier alpha value is -1.16. The number of ketones is 1. The molecule has 4 aliphatic carbocycles. The summed E-state index contributed by atoms with van der Waals surface area (Å²) in [7, 11) is 0. The van der Waals surface area contributed by atoms with Gasteiger partial charge in [0.2, 0.25) is 0 Å². The highest BCUT2D eigenvalue weighted by atomic mass is 16.7. The number of hydrogen-bond acceptors (Lipinski definition) is 4. The molecule has 4 rings (SSSR count). The topological polar surface area (TPSA) is 52.6 Å². The van der Waals surface area contributed by atoms with Gasteiger partial charge in [-0.15, -0.1) is 0 Å². The second-order valence-electron chi connectivity index (χ2n) is 6.38. The maximum absolute atomic E-state index is 12.4. The van der Waals surface area contributed by atoms with E-state index in [4.69, 9.17) is 9.47 Å². The first-order valence-corrected chi connectivity index (χ1v) is 7.01. The van der Waals surface area contributed by atoms with Crippen LogP contribution < -0.4 is 0 Å². The van der Waals surface area contributed by atoms with E-state index in [9.17, 15) is 9.59 Å². The van der Waals surface area contributed by atoms with Gasteiger partial charge in [-0.3, -0.25) is 4.79 Å². The van der Waals surface area contributed by atoms with Crippen molar-refractivity contribution >= 4 is 11.8 Å². The molecular weight excluding hydrogens is 244 g/mol. The van der Waals surface area contributed by atoms with E-state index in [1.807, 2.05) is 0 Å². The Bertz CT molecular complexity index is 425. The molecule has 4 nitrogen and oxygen atoms in total. The zero-order chi connectivity index (χ0) is 13.6. The normalized spacial score (nSPS) is 39.4. The summed E-state index contributed by atoms with van der Waals surface area (Å²) in [5, 5.41) is 0. The summed E-state index contributed by atoms with van der Waals surface area (Å²) in [5.41, 5.74) is -0.315. The van der Waals surface area contributed by atoms with Crippen molar-refractivity contribution in [2.45, 2.75) is 44.6 Å². The summed E-state index contributed by atoms with van der Waals surface area (Å²) in [4.78, 5) is 23.7. The largest absolute Gasteiger partial charge is 0.435 e. The van der Waals surface area contributed by atoms with E-state index in [1.165, 1.54) is 6.42 Å². The molecule has 0 spiro atoms. The van der Waals surface area contributed by atoms with Gasteiger partial charge in [0.15, 0.2) is 12.6 Å². The maximum atomic E-state index is 12.4. The van der Waals surface area contributed by atoms with Gasteiger partial charge in [-0.25, -0.2) is 4.79 Å². The van der Waals surface area contributed by atoms with Crippen molar-refractivity contribution in [3.05, 3.63) is 12.2 Å². The maximum Gasteiger partial charge on any atom is 0.335 e. The van der Waals surface area contributed by atoms with E-state index in [0.29, 0.717) is 17.4 Å². The van der Waals surface area contributed by atoms with Crippen molar-refractivity contribution in [1.82, 2.24) is 0 Å². The zero-order valence-electron chi connectivity index (χ0n) is 11.3. The predicted molar refractivity (Wildman–Crippen MR) is 68.2 cm³/mol. The molecule has 4 saturated carbocycles. The number of ether oxygens (including phenoxy) is 2. The fourth-order valence-corrected chi connectivity index (χ4v) is 4.21. The van der Waals surface area contributed by atoms with Gasteiger partial charge >= 0.3 is 5.97 Å². The molecule has 19 heavy (non-hydrogen) atoms. The molecule has 4 aliphatic rings. The summed E-state index contributed by atoms with van der Waals surface area (Å²) >= 11 is 0. The molecule has 0 aromatic carbocycles. The van der Waals surface area contributed by atoms with Crippen molar-refractivity contribution in [3.63, 3.8) is 0 Å². The van der Waals surface area contributed by atoms with Crippen LogP contribution in [0.15, 0.2) is 12.2 Å². The molecule has 0 aromatic heterocycles. The summed E-state index contributed by atoms with van der Waals surface area (Å²) < 4.78 is 10.7. The first kappa shape index (κ1) is 12.9. The standard InChI is InChI=1S/C15H20O4/c1-9(2)14(17)18-8-19-15-6-10-3-11(7-15)5-12(4-10)13(15)16/h10-12H,1,3-8H2,2H3. The molecule has 0 N–H and O–H groups in total. The number of esters is 1. The van der Waals surface area contributed by atoms with Gasteiger partial charge in [0.05, 0.1) is 0 Å². The van der Waals surface area contributed by atoms with Crippen LogP contribution >= 0.6 is 0 Å². The van der Waals surface area contributed by atoms with Crippen LogP contribution in [0.5, 0.6) is 0 Å². The second kappa shape index (κ2) is 4.44. The van der Waals surface area contributed by atoms with Crippen LogP contribution in [0.25, 0.3) is 0 Å². The number of Topliss-reactive ketones (excluding diaryl/α,β-unsaturated/α-hetero) is 1. The molecule has 4 fully saturated rings. The van der Waals surface area contributed by atoms with Crippen LogP contribution in [0.1, 0.15) is 39.0 Å². The smallest absolute Gasteiger partial charge is 0.335 e. The van der Waals surface area contributed by atoms with Crippen molar-refractivity contribution in [3.8, 4) is 0 Å². The van der Waals surface area contributed by atoms with Gasteiger partial charge < -0.3 is 9.47 Å². The van der Waals surface area contributed by atoms with Crippen molar-refractivity contribution in [1.29, 1.82) is 0 Å². The van der Waals surface area contributed by atoms with E-state index in [-0.39, 0.29) is 18.5 Å². The van der Waals surface area contributed by atoms with E-state index in [2.05, 4.69) is 6.58 Å². The lowest BCUT2D eigenvalue weighted by Gasteiger charge is -2.54. The molecular formula is C15H20O4. The van der Waals surface area contributed by atoms with E-state index < -0.39 is 11.6 Å². The highest BCUT2D eigenvalue weighted by molar-refractivity contribution is 5.91. The van der Waals surface area contributed by atoms with E-state index in [0.717, 1.165) is 25.7 Å². The molecule has 2 atom stereocenters. The first-order chi connectivity index (χ1) is 9.00. The lowest BCUT2D eigenvalue weighted by Crippen LogP contribution is -2.59. The third kappa shape index (κ3) is 2.12. The van der Waals surface area contributed by atoms with Crippen LogP contribution in [-0.4, -0.2) is 24.1 Å². The number of rotatable bonds is 4. The highest BCUT2D eigenvalue weighted by Gasteiger charge is 2.57. The Morgan fingerprint density at radius 1 is 1.32 bits per heavy atom. The zero-order valence-corrected chi connectivity index (χ0v) is 11.3. The molecule has 0 radical (unpaired) electrons. The monoisotopic (exact) mass is 264 g/mol. The molecule has 0 heterocycles. The molecule has 4 bridgehead atoms. The summed E-state index contributed by atoms with van der Waals surface area (Å²) in [5.74, 6) is 1.20. The summed E-state index contributed by atoms with van der Waals surface area (Å²) in [6, 6.07) is 0.